The summed E-state index contributed by atoms with van der Waals surface area (Å²) in [6, 6.07) is -1.82. The first kappa shape index (κ1) is 50.5. The molecule has 28 nitrogen and oxygen atoms in total. The number of imidazole rings is 1. The molecule has 0 bridgehead atoms. The number of nitrogens with zero attached hydrogens (tertiary/aromatic N) is 5. The molecule has 0 spiro atoms. The fraction of sp³-hybridized carbons (Fsp3) is 0.606. The molecule has 4 unspecified atom stereocenters. The molecule has 5 amide bonds. The van der Waals surface area contributed by atoms with Crippen molar-refractivity contribution >= 4 is 67.8 Å². The van der Waals surface area contributed by atoms with Crippen molar-refractivity contribution in [3.8, 4) is 0 Å². The van der Waals surface area contributed by atoms with Crippen LogP contribution in [-0.2, 0) is 51.0 Å². The molecule has 0 saturated carbocycles. The normalized spacial score (nSPS) is 29.9. The van der Waals surface area contributed by atoms with E-state index in [0.29, 0.717) is 4.57 Å². The van der Waals surface area contributed by atoms with Crippen molar-refractivity contribution in [3.05, 3.63) is 45.8 Å². The van der Waals surface area contributed by atoms with Gasteiger partial charge in [-0.3, -0.25) is 51.9 Å². The van der Waals surface area contributed by atoms with E-state index < -0.39 is 124 Å². The highest BCUT2D eigenvalue weighted by molar-refractivity contribution is 8.44. The van der Waals surface area contributed by atoms with E-state index in [4.69, 9.17) is 43.8 Å². The van der Waals surface area contributed by atoms with Crippen LogP contribution >= 0.6 is 26.9 Å². The number of halogens is 2. The van der Waals surface area contributed by atoms with Crippen molar-refractivity contribution in [2.45, 2.75) is 88.0 Å². The third-order valence-corrected chi connectivity index (χ3v) is 12.7. The highest BCUT2D eigenvalue weighted by Crippen LogP contribution is 2.58. The first-order valence-corrected chi connectivity index (χ1v) is 24.0. The number of anilines is 1. The zero-order valence-corrected chi connectivity index (χ0v) is 37.4. The first-order valence-electron chi connectivity index (χ1n) is 19.8. The van der Waals surface area contributed by atoms with Crippen LogP contribution in [0.4, 0.5) is 24.2 Å². The maximum absolute atomic E-state index is 16.4. The number of carbonyl (C=O) groups is 4. The van der Waals surface area contributed by atoms with E-state index in [9.17, 15) is 42.8 Å². The number of carbonyl (C=O) groups excluding carboxylic acids is 4. The third kappa shape index (κ3) is 12.3. The quantitative estimate of drug-likeness (QED) is 0.0552. The maximum Gasteiger partial charge on any atom is 0.472 e. The Bertz CT molecular complexity index is 2490. The molecule has 364 valence electrons. The van der Waals surface area contributed by atoms with Gasteiger partial charge in [-0.2, -0.15) is 0 Å². The fourth-order valence-corrected chi connectivity index (χ4v) is 9.19. The lowest BCUT2D eigenvalue weighted by Gasteiger charge is -2.27. The number of aromatic nitrogens is 6. The second kappa shape index (κ2) is 21.3. The summed E-state index contributed by atoms with van der Waals surface area (Å²) >= 11 is 3.90. The van der Waals surface area contributed by atoms with Gasteiger partial charge in [0.25, 0.3) is 5.56 Å². The molecule has 33 heteroatoms. The van der Waals surface area contributed by atoms with Crippen LogP contribution in [0.2, 0.25) is 0 Å². The molecule has 12 atom stereocenters. The summed E-state index contributed by atoms with van der Waals surface area (Å²) in [6.07, 6.45) is -13.2. The average molecular weight is 999 g/mol. The van der Waals surface area contributed by atoms with Gasteiger partial charge in [0.05, 0.1) is 32.1 Å². The van der Waals surface area contributed by atoms with Gasteiger partial charge in [0, 0.05) is 18.8 Å². The number of alkyl halides is 2. The van der Waals surface area contributed by atoms with Gasteiger partial charge in [-0.05, 0) is 18.8 Å². The molecule has 3 saturated heterocycles. The van der Waals surface area contributed by atoms with Crippen LogP contribution in [-0.4, -0.2) is 140 Å². The molecule has 0 radical (unpaired) electrons. The van der Waals surface area contributed by atoms with E-state index in [0.717, 1.165) is 29.5 Å². The number of thiol groups is 1. The minimum absolute atomic E-state index is 0.105. The lowest BCUT2D eigenvalue weighted by molar-refractivity contribution is -0.130. The number of nitrogens with one attached hydrogen (secondary N) is 5. The number of fused-ring (bicyclic) bond motifs is 3. The number of phosphoric ester groups is 1. The highest BCUT2D eigenvalue weighted by atomic mass is 32.7. The number of rotatable bonds is 14. The van der Waals surface area contributed by atoms with Crippen LogP contribution in [0.1, 0.15) is 39.1 Å². The summed E-state index contributed by atoms with van der Waals surface area (Å²) in [4.78, 5) is 98.0. The largest absolute Gasteiger partial charge is 0.472 e. The van der Waals surface area contributed by atoms with Gasteiger partial charge in [-0.15, -0.1) is 0 Å². The Morgan fingerprint density at radius 1 is 0.985 bits per heavy atom. The van der Waals surface area contributed by atoms with Gasteiger partial charge in [-0.1, -0.05) is 26.1 Å². The number of ether oxygens (including phenoxy) is 3. The van der Waals surface area contributed by atoms with Crippen molar-refractivity contribution in [2.75, 3.05) is 38.2 Å². The standard InChI is InChI=1S/C33H46F2N12O16P2S/c1-14(2)21(36)28(50)43-15(4-3-6-39-31(37)51)27(49)38-7-9-57-33(53)45-25-22-26(41-12-40-25)47(13-42-22)30-19(34)23-17(61-30)11-59-65(56,66)63-24-16(10-58-64(54,55)62-23)60-29(20(24)35)46-8-5-18(48)44-32(46)52/h5,8,12-17,19-21,23-24,29-30H,3-4,6-7,9-11,36H2,1-2H3,(H,38,49)(H,43,50)(H,54,55)(H,56,66)(H3,37,39,51)(H,44,48,52)(H,40,41,45,53)/t15?,16-,17-,19-,20-,21?,23-,24-,29-,30-,65?/m1/s1. The molecule has 0 aromatic carbocycles. The third-order valence-electron chi connectivity index (χ3n) is 10.1. The lowest BCUT2D eigenvalue weighted by Crippen LogP contribution is -2.53. The van der Waals surface area contributed by atoms with E-state index in [1.54, 1.807) is 13.8 Å². The van der Waals surface area contributed by atoms with Crippen LogP contribution in [0.25, 0.3) is 11.2 Å². The van der Waals surface area contributed by atoms with Crippen molar-refractivity contribution < 1.29 is 74.3 Å². The number of nitrogens with two attached hydrogens (primary N) is 2. The van der Waals surface area contributed by atoms with Crippen LogP contribution in [0.5, 0.6) is 0 Å². The van der Waals surface area contributed by atoms with Gasteiger partial charge in [0.2, 0.25) is 11.8 Å². The van der Waals surface area contributed by atoms with Crippen LogP contribution < -0.4 is 44.0 Å². The molecule has 6 rings (SSSR count). The summed E-state index contributed by atoms with van der Waals surface area (Å²) in [5.74, 6) is -1.65. The topological polar surface area (TPSA) is 386 Å². The summed E-state index contributed by atoms with van der Waals surface area (Å²) < 4.78 is 97.8. The number of primary amides is 1. The Labute approximate surface area is 375 Å². The number of urea groups is 1. The summed E-state index contributed by atoms with van der Waals surface area (Å²) in [5.41, 5.74) is 8.84. The van der Waals surface area contributed by atoms with Gasteiger partial charge in [-0.25, -0.2) is 47.2 Å². The minimum Gasteiger partial charge on any atom is -0.447 e. The zero-order chi connectivity index (χ0) is 48.1. The van der Waals surface area contributed by atoms with Crippen LogP contribution in [0.15, 0.2) is 34.5 Å². The zero-order valence-electron chi connectivity index (χ0n) is 34.7. The molecule has 10 N–H and O–H groups in total. The van der Waals surface area contributed by atoms with Gasteiger partial charge < -0.3 is 46.5 Å². The van der Waals surface area contributed by atoms with E-state index in [-0.39, 0.29) is 55.4 Å². The molecule has 6 heterocycles. The lowest BCUT2D eigenvalue weighted by atomic mass is 10.0. The van der Waals surface area contributed by atoms with Crippen molar-refractivity contribution in [3.63, 3.8) is 0 Å². The molecule has 3 aliphatic rings. The molecule has 3 fully saturated rings. The van der Waals surface area contributed by atoms with Gasteiger partial charge in [0.15, 0.2) is 41.8 Å². The van der Waals surface area contributed by atoms with E-state index in [2.05, 4.69) is 48.5 Å². The predicted octanol–water partition coefficient (Wildman–Crippen LogP) is -0.616. The predicted molar refractivity (Wildman–Crippen MR) is 222 cm³/mol. The molecule has 66 heavy (non-hydrogen) atoms. The average Bonchev–Trinajstić information content (AvgIpc) is 3.90. The van der Waals surface area contributed by atoms with Gasteiger partial charge in [0.1, 0.15) is 43.4 Å². The maximum atomic E-state index is 16.4. The Morgan fingerprint density at radius 3 is 2.32 bits per heavy atom. The highest BCUT2D eigenvalue weighted by Gasteiger charge is 2.54. The van der Waals surface area contributed by atoms with E-state index in [1.807, 2.05) is 4.98 Å². The Kier molecular flexibility index (Phi) is 16.3. The Morgan fingerprint density at radius 2 is 1.65 bits per heavy atom. The number of hydrogen-bond acceptors (Lipinski definition) is 19. The molecule has 0 aliphatic carbocycles. The van der Waals surface area contributed by atoms with Crippen molar-refractivity contribution in [1.29, 1.82) is 0 Å². The SMILES string of the molecule is CC(C)C(N)C(=O)NC(CCCNC(N)=O)C(=O)NCCOC(=O)Nc1ncnc2c1ncn2[C@@H]1O[C@@H]2COP(=O)(S)O[C@H]3[C@@H](F)[C@H](n4ccc(=O)[nH]c4=O)O[C@@H]3COP(=O)(O)O[C@H]2[C@H]1F. The molecule has 3 aliphatic heterocycles. The van der Waals surface area contributed by atoms with Crippen LogP contribution in [0, 0.1) is 5.92 Å². The number of hydrogen-bond donors (Lipinski definition) is 9. The number of aromatic amines is 1. The second-order valence-electron chi connectivity index (χ2n) is 15.1. The molecule has 3 aromatic rings. The monoisotopic (exact) mass is 998 g/mol. The summed E-state index contributed by atoms with van der Waals surface area (Å²) in [6.45, 7) is -3.51. The van der Waals surface area contributed by atoms with Crippen LogP contribution in [0.3, 0.4) is 0 Å². The second-order valence-corrected chi connectivity index (χ2v) is 19.3. The van der Waals surface area contributed by atoms with E-state index in [1.165, 1.54) is 0 Å². The van der Waals surface area contributed by atoms with E-state index >= 15 is 8.78 Å². The van der Waals surface area contributed by atoms with Gasteiger partial charge >= 0.3 is 32.4 Å². The Hall–Kier alpha value is -4.94. The summed E-state index contributed by atoms with van der Waals surface area (Å²) in [5, 5.41) is 9.84. The molecular formula is C33H46F2N12O16P2S. The first-order chi connectivity index (χ1) is 31.1. The minimum atomic E-state index is -5.28. The number of phosphoric acid groups is 1. The van der Waals surface area contributed by atoms with Crippen molar-refractivity contribution in [1.82, 2.24) is 45.0 Å². The fourth-order valence-electron chi connectivity index (χ4n) is 6.75. The smallest absolute Gasteiger partial charge is 0.447 e. The number of H-pyrrole nitrogens is 1. The molecular weight excluding hydrogens is 952 g/mol. The van der Waals surface area contributed by atoms with Crippen molar-refractivity contribution in [2.24, 2.45) is 17.4 Å². The number of amides is 5. The summed E-state index contributed by atoms with van der Waals surface area (Å²) in [7, 11) is -5.28. The molecule has 3 aromatic heterocycles. The Balaban J connectivity index is 1.08.